The highest BCUT2D eigenvalue weighted by molar-refractivity contribution is 6.08. The largest absolute Gasteiger partial charge is 0.380 e. The summed E-state index contributed by atoms with van der Waals surface area (Å²) in [5.74, 6) is -0.756. The highest BCUT2D eigenvalue weighted by Gasteiger charge is 2.63. The molecule has 6 heteroatoms. The fourth-order valence-electron chi connectivity index (χ4n) is 2.59. The summed E-state index contributed by atoms with van der Waals surface area (Å²) in [7, 11) is 2.03. The van der Waals surface area contributed by atoms with Gasteiger partial charge >= 0.3 is 0 Å². The highest BCUT2D eigenvalue weighted by Crippen LogP contribution is 2.45. The van der Waals surface area contributed by atoms with E-state index < -0.39 is 29.9 Å². The summed E-state index contributed by atoms with van der Waals surface area (Å²) in [6, 6.07) is 0. The monoisotopic (exact) mass is 270 g/mol. The fraction of sp³-hybridized carbons (Fsp3) is 0.846. The Hall–Kier alpha value is -0.395. The predicted molar refractivity (Wildman–Crippen MR) is 72.6 cm³/mol. The van der Waals surface area contributed by atoms with Crippen molar-refractivity contribution >= 4 is 7.85 Å². The lowest BCUT2D eigenvalue weighted by Crippen LogP contribution is -2.51. The van der Waals surface area contributed by atoms with Crippen molar-refractivity contribution < 1.29 is 24.1 Å². The number of ether oxygens (including phenoxy) is 4. The average Bonchev–Trinajstić information content (AvgIpc) is 2.73. The second-order valence-corrected chi connectivity index (χ2v) is 5.73. The topological polar surface area (TPSA) is 57.2 Å². The van der Waals surface area contributed by atoms with Crippen molar-refractivity contribution in [2.75, 3.05) is 13.2 Å². The molecule has 2 fully saturated rings. The molecule has 0 aromatic rings. The van der Waals surface area contributed by atoms with Crippen LogP contribution in [0.15, 0.2) is 12.2 Å². The Labute approximate surface area is 115 Å². The third-order valence-corrected chi connectivity index (χ3v) is 3.58. The summed E-state index contributed by atoms with van der Waals surface area (Å²) >= 11 is 0. The summed E-state index contributed by atoms with van der Waals surface area (Å²) in [5, 5.41) is 10.9. The summed E-state index contributed by atoms with van der Waals surface area (Å²) < 4.78 is 22.7. The van der Waals surface area contributed by atoms with Gasteiger partial charge < -0.3 is 24.1 Å². The van der Waals surface area contributed by atoms with Gasteiger partial charge in [0.25, 0.3) is 0 Å². The van der Waals surface area contributed by atoms with Crippen molar-refractivity contribution in [2.45, 2.75) is 57.0 Å². The van der Waals surface area contributed by atoms with E-state index in [0.717, 1.165) is 6.32 Å². The zero-order chi connectivity index (χ0) is 14.3. The molecule has 0 spiro atoms. The first kappa shape index (κ1) is 15.0. The first-order valence-electron chi connectivity index (χ1n) is 6.78. The van der Waals surface area contributed by atoms with Crippen LogP contribution >= 0.6 is 0 Å². The van der Waals surface area contributed by atoms with E-state index in [1.165, 1.54) is 0 Å². The Morgan fingerprint density at radius 3 is 2.68 bits per heavy atom. The van der Waals surface area contributed by atoms with Crippen LogP contribution in [-0.2, 0) is 18.9 Å². The Kier molecular flexibility index (Phi) is 4.09. The first-order valence-corrected chi connectivity index (χ1v) is 6.78. The minimum atomic E-state index is -1.27. The molecule has 0 aromatic carbocycles. The second kappa shape index (κ2) is 5.18. The van der Waals surface area contributed by atoms with E-state index in [2.05, 4.69) is 6.58 Å². The molecule has 0 radical (unpaired) electrons. The molecular weight excluding hydrogens is 247 g/mol. The zero-order valence-corrected chi connectivity index (χ0v) is 12.1. The summed E-state index contributed by atoms with van der Waals surface area (Å²) in [4.78, 5) is 0. The van der Waals surface area contributed by atoms with Crippen LogP contribution in [0.4, 0.5) is 0 Å². The molecule has 2 aliphatic heterocycles. The Balaban J connectivity index is 2.13. The summed E-state index contributed by atoms with van der Waals surface area (Å²) in [6.45, 7) is 10.2. The molecule has 19 heavy (non-hydrogen) atoms. The number of hydrogen-bond donors (Lipinski definition) is 1. The summed E-state index contributed by atoms with van der Waals surface area (Å²) in [6.07, 6.45) is -0.727. The van der Waals surface area contributed by atoms with Gasteiger partial charge in [0.15, 0.2) is 12.1 Å². The number of aliphatic hydroxyl groups is 1. The molecule has 2 rings (SSSR count). The maximum Gasteiger partial charge on any atom is 0.191 e. The Bertz CT molecular complexity index is 359. The molecule has 0 bridgehead atoms. The van der Waals surface area contributed by atoms with E-state index in [1.54, 1.807) is 20.8 Å². The van der Waals surface area contributed by atoms with Crippen LogP contribution < -0.4 is 0 Å². The molecule has 2 heterocycles. The van der Waals surface area contributed by atoms with Crippen molar-refractivity contribution in [3.8, 4) is 0 Å². The Morgan fingerprint density at radius 2 is 2.11 bits per heavy atom. The normalized spacial score (nSPS) is 40.3. The van der Waals surface area contributed by atoms with Crippen molar-refractivity contribution in [1.82, 2.24) is 0 Å². The van der Waals surface area contributed by atoms with Gasteiger partial charge in [-0.05, 0) is 26.3 Å². The maximum atomic E-state index is 10.9. The van der Waals surface area contributed by atoms with E-state index in [-0.39, 0.29) is 0 Å². The van der Waals surface area contributed by atoms with Crippen LogP contribution in [0.3, 0.4) is 0 Å². The van der Waals surface area contributed by atoms with E-state index in [1.807, 2.05) is 7.85 Å². The molecule has 0 aliphatic carbocycles. The minimum absolute atomic E-state index is 0.303. The van der Waals surface area contributed by atoms with Gasteiger partial charge in [-0.1, -0.05) is 12.9 Å². The average molecular weight is 270 g/mol. The van der Waals surface area contributed by atoms with Crippen molar-refractivity contribution in [3.05, 3.63) is 12.2 Å². The van der Waals surface area contributed by atoms with Crippen molar-refractivity contribution in [2.24, 2.45) is 0 Å². The van der Waals surface area contributed by atoms with Gasteiger partial charge in [-0.15, -0.1) is 0 Å². The lowest BCUT2D eigenvalue weighted by atomic mass is 9.86. The van der Waals surface area contributed by atoms with Gasteiger partial charge in [-0.3, -0.25) is 0 Å². The first-order chi connectivity index (χ1) is 8.81. The molecule has 0 saturated carbocycles. The maximum absolute atomic E-state index is 10.9. The van der Waals surface area contributed by atoms with Crippen LogP contribution in [0.25, 0.3) is 0 Å². The van der Waals surface area contributed by atoms with Crippen LogP contribution in [0.1, 0.15) is 20.8 Å². The molecule has 0 amide bonds. The van der Waals surface area contributed by atoms with E-state index in [4.69, 9.17) is 18.9 Å². The lowest BCUT2D eigenvalue weighted by Gasteiger charge is -2.34. The molecule has 2 aliphatic rings. The minimum Gasteiger partial charge on any atom is -0.380 e. The molecule has 0 unspecified atom stereocenters. The number of fused-ring (bicyclic) bond motifs is 1. The highest BCUT2D eigenvalue weighted by atomic mass is 16.8. The molecule has 108 valence electrons. The van der Waals surface area contributed by atoms with Crippen molar-refractivity contribution in [1.29, 1.82) is 0 Å². The van der Waals surface area contributed by atoms with Crippen LogP contribution in [-0.4, -0.2) is 56.1 Å². The van der Waals surface area contributed by atoms with Crippen molar-refractivity contribution in [3.63, 3.8) is 0 Å². The van der Waals surface area contributed by atoms with Gasteiger partial charge in [0.1, 0.15) is 25.7 Å². The number of rotatable bonds is 5. The molecule has 4 atom stereocenters. The zero-order valence-electron chi connectivity index (χ0n) is 12.1. The van der Waals surface area contributed by atoms with Crippen LogP contribution in [0.5, 0.6) is 0 Å². The molecule has 0 aromatic heterocycles. The summed E-state index contributed by atoms with van der Waals surface area (Å²) in [5.41, 5.74) is -0.669. The Morgan fingerprint density at radius 1 is 1.42 bits per heavy atom. The number of hydrogen-bond acceptors (Lipinski definition) is 5. The smallest absolute Gasteiger partial charge is 0.191 e. The van der Waals surface area contributed by atoms with Crippen LogP contribution in [0.2, 0.25) is 6.32 Å². The van der Waals surface area contributed by atoms with E-state index in [9.17, 15) is 5.11 Å². The van der Waals surface area contributed by atoms with Gasteiger partial charge in [0, 0.05) is 6.61 Å². The van der Waals surface area contributed by atoms with E-state index >= 15 is 0 Å². The third-order valence-electron chi connectivity index (χ3n) is 3.58. The second-order valence-electron chi connectivity index (χ2n) is 5.73. The van der Waals surface area contributed by atoms with Gasteiger partial charge in [0.05, 0.1) is 6.61 Å². The fourth-order valence-corrected chi connectivity index (χ4v) is 2.59. The SMILES string of the molecule is BCCOC[C@H]1O[C@@H]2OC(C)(C)O[C@@H]2[C@@]1(O)C(=C)C. The quantitative estimate of drug-likeness (QED) is 0.440. The van der Waals surface area contributed by atoms with Gasteiger partial charge in [-0.2, -0.15) is 0 Å². The third kappa shape index (κ3) is 2.60. The van der Waals surface area contributed by atoms with Gasteiger partial charge in [0.2, 0.25) is 0 Å². The molecule has 2 saturated heterocycles. The lowest BCUT2D eigenvalue weighted by molar-refractivity contribution is -0.230. The molecular formula is C13H23BO5. The van der Waals surface area contributed by atoms with Crippen LogP contribution in [0, 0.1) is 0 Å². The molecule has 5 nitrogen and oxygen atoms in total. The molecule has 1 N–H and O–H groups in total. The predicted octanol–water partition coefficient (Wildman–Crippen LogP) is 0.238. The van der Waals surface area contributed by atoms with Gasteiger partial charge in [-0.25, -0.2) is 0 Å². The van der Waals surface area contributed by atoms with E-state index in [0.29, 0.717) is 18.8 Å². The standard InChI is InChI=1S/C13H23BO5/c1-8(2)13(15)9(7-16-6-5-14)17-11-10(13)18-12(3,4)19-11/h9-11,15H,1,5-7,14H2,2-4H3/t9-,10+,11-,13-/m1/s1.